The number of fused-ring (bicyclic) bond motifs is 1. The molecule has 7 heteroatoms. The molecule has 34 heavy (non-hydrogen) atoms. The van der Waals surface area contributed by atoms with E-state index in [1.165, 1.54) is 6.20 Å². The Balaban J connectivity index is 1.47. The van der Waals surface area contributed by atoms with E-state index in [2.05, 4.69) is 20.6 Å². The van der Waals surface area contributed by atoms with Gasteiger partial charge in [-0.05, 0) is 67.6 Å². The van der Waals surface area contributed by atoms with Crippen molar-refractivity contribution in [1.82, 2.24) is 24.1 Å². The van der Waals surface area contributed by atoms with Gasteiger partial charge in [-0.1, -0.05) is 0 Å². The molecule has 0 saturated carbocycles. The van der Waals surface area contributed by atoms with Crippen LogP contribution >= 0.6 is 0 Å². The van der Waals surface area contributed by atoms with Gasteiger partial charge in [-0.2, -0.15) is 4.73 Å². The maximum absolute atomic E-state index is 12.4. The lowest BCUT2D eigenvalue weighted by molar-refractivity contribution is -0.593. The van der Waals surface area contributed by atoms with Crippen molar-refractivity contribution >= 4 is 11.0 Å². The molecule has 0 amide bonds. The highest BCUT2D eigenvalue weighted by molar-refractivity contribution is 5.78. The molecule has 6 rings (SSSR count). The van der Waals surface area contributed by atoms with E-state index in [-0.39, 0.29) is 0 Å². The largest absolute Gasteiger partial charge is 0.618 e. The fraction of sp³-hybridized carbons (Fsp3) is 0.0370. The number of hydrogen-bond acceptors (Lipinski definition) is 4. The molecular weight excluding hydrogens is 424 g/mol. The van der Waals surface area contributed by atoms with Crippen molar-refractivity contribution in [3.05, 3.63) is 115 Å². The van der Waals surface area contributed by atoms with E-state index >= 15 is 0 Å². The van der Waals surface area contributed by atoms with E-state index in [1.807, 2.05) is 84.7 Å². The van der Waals surface area contributed by atoms with Crippen LogP contribution in [0, 0.1) is 12.1 Å². The third-order valence-corrected chi connectivity index (χ3v) is 5.82. The number of imidazole rings is 1. The van der Waals surface area contributed by atoms with Gasteiger partial charge in [0.25, 0.3) is 0 Å². The first-order valence-electron chi connectivity index (χ1n) is 10.9. The molecule has 0 radical (unpaired) electrons. The molecule has 1 aromatic carbocycles. The maximum Gasteiger partial charge on any atom is 0.243 e. The lowest BCUT2D eigenvalue weighted by Gasteiger charge is -2.09. The van der Waals surface area contributed by atoms with Crippen LogP contribution in [0.15, 0.2) is 104 Å². The van der Waals surface area contributed by atoms with Gasteiger partial charge in [0.15, 0.2) is 11.9 Å². The van der Waals surface area contributed by atoms with E-state index < -0.39 is 0 Å². The molecule has 0 aliphatic heterocycles. The summed E-state index contributed by atoms with van der Waals surface area (Å²) in [5, 5.41) is 13.5. The van der Waals surface area contributed by atoms with Gasteiger partial charge >= 0.3 is 0 Å². The second kappa shape index (κ2) is 7.97. The van der Waals surface area contributed by atoms with Gasteiger partial charge in [-0.3, -0.25) is 9.55 Å². The highest BCUT2D eigenvalue weighted by Gasteiger charge is 2.18. The molecule has 6 aromatic rings. The molecule has 7 nitrogen and oxygen atoms in total. The Morgan fingerprint density at radius 1 is 0.824 bits per heavy atom. The van der Waals surface area contributed by atoms with E-state index in [9.17, 15) is 5.21 Å². The van der Waals surface area contributed by atoms with Crippen LogP contribution in [0.3, 0.4) is 0 Å². The zero-order chi connectivity index (χ0) is 23.1. The molecule has 0 fully saturated rings. The highest BCUT2D eigenvalue weighted by Crippen LogP contribution is 2.28. The van der Waals surface area contributed by atoms with Crippen LogP contribution in [0.2, 0.25) is 0 Å². The van der Waals surface area contributed by atoms with Crippen LogP contribution < -0.4 is 4.73 Å². The van der Waals surface area contributed by atoms with Gasteiger partial charge in [-0.15, -0.1) is 0 Å². The van der Waals surface area contributed by atoms with Crippen LogP contribution in [0.1, 0.15) is 5.69 Å². The predicted octanol–water partition coefficient (Wildman–Crippen LogP) is 4.88. The Morgan fingerprint density at radius 2 is 1.68 bits per heavy atom. The van der Waals surface area contributed by atoms with Crippen LogP contribution in [-0.4, -0.2) is 24.1 Å². The minimum absolute atomic E-state index is 0.490. The monoisotopic (exact) mass is 444 g/mol. The lowest BCUT2D eigenvalue weighted by Crippen LogP contribution is -2.27. The van der Waals surface area contributed by atoms with Crippen LogP contribution in [0.4, 0.5) is 0 Å². The second-order valence-corrected chi connectivity index (χ2v) is 8.04. The molecule has 0 bridgehead atoms. The van der Waals surface area contributed by atoms with Crippen molar-refractivity contribution in [1.29, 1.82) is 0 Å². The fourth-order valence-corrected chi connectivity index (χ4v) is 4.08. The number of pyridine rings is 3. The first-order valence-corrected chi connectivity index (χ1v) is 10.9. The van der Waals surface area contributed by atoms with Crippen molar-refractivity contribution in [3.8, 4) is 34.2 Å². The van der Waals surface area contributed by atoms with Gasteiger partial charge in [0, 0.05) is 53.1 Å². The van der Waals surface area contributed by atoms with Crippen molar-refractivity contribution < 1.29 is 4.73 Å². The second-order valence-electron chi connectivity index (χ2n) is 8.04. The van der Waals surface area contributed by atoms with Crippen LogP contribution in [0.25, 0.3) is 45.2 Å². The van der Waals surface area contributed by atoms with Gasteiger partial charge in [0.1, 0.15) is 11.5 Å². The number of nitrogens with zero attached hydrogens (tertiary/aromatic N) is 6. The molecule has 0 aliphatic carbocycles. The molecule has 0 aliphatic rings. The van der Waals surface area contributed by atoms with E-state index in [0.717, 1.165) is 44.2 Å². The zero-order valence-corrected chi connectivity index (χ0v) is 18.4. The van der Waals surface area contributed by atoms with Gasteiger partial charge in [-0.25, -0.2) is 9.97 Å². The molecule has 0 atom stereocenters. The Morgan fingerprint density at radius 3 is 2.47 bits per heavy atom. The summed E-state index contributed by atoms with van der Waals surface area (Å²) in [7, 11) is 0. The zero-order valence-electron chi connectivity index (χ0n) is 18.4. The van der Waals surface area contributed by atoms with Gasteiger partial charge < -0.3 is 9.77 Å². The molecule has 0 spiro atoms. The smallest absolute Gasteiger partial charge is 0.243 e. The van der Waals surface area contributed by atoms with Gasteiger partial charge in [0.05, 0.1) is 11.9 Å². The standard InChI is InChI=1S/C27H20N6O/c1-19-7-10-23(17-29-19)32-18-24(25-6-2-3-15-33(25)34)30-27(32)21-8-11-22(12-9-21)31-16-13-20-5-4-14-28-26(20)31/h2-18H,1H3. The third-order valence-electron chi connectivity index (χ3n) is 5.82. The number of aromatic nitrogens is 6. The maximum atomic E-state index is 12.4. The fourth-order valence-electron chi connectivity index (χ4n) is 4.08. The topological polar surface area (TPSA) is 75.5 Å². The Bertz CT molecular complexity index is 1610. The summed E-state index contributed by atoms with van der Waals surface area (Å²) in [5.41, 5.74) is 5.73. The summed E-state index contributed by atoms with van der Waals surface area (Å²) in [6.45, 7) is 1.95. The SMILES string of the molecule is Cc1ccc(-n2cc(-c3cccc[n+]3[O-])nc2-c2ccc(-n3ccc4cccnc43)cc2)cn1. The van der Waals surface area contributed by atoms with Crippen molar-refractivity contribution in [2.45, 2.75) is 6.92 Å². The van der Waals surface area contributed by atoms with Crippen LogP contribution in [0.5, 0.6) is 0 Å². The average molecular weight is 444 g/mol. The third kappa shape index (κ3) is 3.40. The molecule has 5 aromatic heterocycles. The van der Waals surface area contributed by atoms with Crippen molar-refractivity contribution in [3.63, 3.8) is 0 Å². The molecule has 0 unspecified atom stereocenters. The minimum Gasteiger partial charge on any atom is -0.618 e. The lowest BCUT2D eigenvalue weighted by atomic mass is 10.2. The summed E-state index contributed by atoms with van der Waals surface area (Å²) in [6, 6.07) is 23.5. The van der Waals surface area contributed by atoms with Crippen LogP contribution in [-0.2, 0) is 0 Å². The number of benzene rings is 1. The number of hydrogen-bond donors (Lipinski definition) is 0. The summed E-state index contributed by atoms with van der Waals surface area (Å²) in [4.78, 5) is 13.8. The average Bonchev–Trinajstić information content (AvgIpc) is 3.50. The van der Waals surface area contributed by atoms with E-state index in [0.29, 0.717) is 11.4 Å². The van der Waals surface area contributed by atoms with E-state index in [4.69, 9.17) is 4.98 Å². The number of rotatable bonds is 4. The van der Waals surface area contributed by atoms with E-state index in [1.54, 1.807) is 18.3 Å². The summed E-state index contributed by atoms with van der Waals surface area (Å²) < 4.78 is 4.86. The minimum atomic E-state index is 0.490. The number of aryl methyl sites for hydroxylation is 1. The molecule has 0 saturated heterocycles. The quantitative estimate of drug-likeness (QED) is 0.287. The highest BCUT2D eigenvalue weighted by atomic mass is 16.5. The van der Waals surface area contributed by atoms with Crippen molar-refractivity contribution in [2.75, 3.05) is 0 Å². The summed E-state index contributed by atoms with van der Waals surface area (Å²) in [6.07, 6.45) is 8.99. The first kappa shape index (κ1) is 19.9. The molecule has 164 valence electrons. The predicted molar refractivity (Wildman–Crippen MR) is 131 cm³/mol. The Labute approximate surface area is 195 Å². The Kier molecular flexibility index (Phi) is 4.66. The normalized spacial score (nSPS) is 11.2. The first-order chi connectivity index (χ1) is 16.7. The Hall–Kier alpha value is -4.78. The van der Waals surface area contributed by atoms with Crippen molar-refractivity contribution in [2.24, 2.45) is 0 Å². The summed E-state index contributed by atoms with van der Waals surface area (Å²) >= 11 is 0. The molecule has 0 N–H and O–H groups in total. The molecular formula is C27H20N6O. The molecule has 5 heterocycles. The van der Waals surface area contributed by atoms with Gasteiger partial charge in [0.2, 0.25) is 5.69 Å². The summed E-state index contributed by atoms with van der Waals surface area (Å²) in [5.74, 6) is 0.728.